The molecule has 0 bridgehead atoms. The van der Waals surface area contributed by atoms with Crippen molar-refractivity contribution in [3.05, 3.63) is 65.6 Å². The zero-order valence-corrected chi connectivity index (χ0v) is 17.1. The monoisotopic (exact) mass is 409 g/mol. The number of hydrogen-bond acceptors (Lipinski definition) is 4. The molecule has 0 aliphatic heterocycles. The number of hydrogen-bond donors (Lipinski definition) is 1. The molecule has 4 nitrogen and oxygen atoms in total. The van der Waals surface area contributed by atoms with Gasteiger partial charge >= 0.3 is 0 Å². The van der Waals surface area contributed by atoms with Crippen molar-refractivity contribution >= 4 is 28.7 Å². The van der Waals surface area contributed by atoms with E-state index in [0.717, 1.165) is 40.2 Å². The molecular weight excluding hydrogens is 385 g/mol. The van der Waals surface area contributed by atoms with Gasteiger partial charge in [0, 0.05) is 12.5 Å². The number of halogens is 1. The Morgan fingerprint density at radius 2 is 1.69 bits per heavy atom. The highest BCUT2D eigenvalue weighted by molar-refractivity contribution is 7.99. The predicted octanol–water partition coefficient (Wildman–Crippen LogP) is 4.90. The number of para-hydroxylation sites is 2. The summed E-state index contributed by atoms with van der Waals surface area (Å²) in [6.07, 6.45) is 6.33. The second-order valence-corrected chi connectivity index (χ2v) is 8.42. The molecule has 0 radical (unpaired) electrons. The maximum Gasteiger partial charge on any atom is 0.230 e. The van der Waals surface area contributed by atoms with Crippen LogP contribution in [0.4, 0.5) is 4.39 Å². The van der Waals surface area contributed by atoms with Crippen molar-refractivity contribution in [1.29, 1.82) is 0 Å². The highest BCUT2D eigenvalue weighted by Gasteiger charge is 2.17. The largest absolute Gasteiger partial charge is 0.353 e. The first-order chi connectivity index (χ1) is 14.2. The standard InChI is InChI=1S/C23H24FN3OS/c24-17-12-10-16(11-13-17)14-21-23(27-20-9-5-4-8-19(20)26-21)29-15-22(28)25-18-6-2-1-3-7-18/h4-5,8-13,18H,1-3,6-7,14-15H2,(H,25,28). The molecule has 2 aromatic carbocycles. The molecule has 0 saturated heterocycles. The van der Waals surface area contributed by atoms with E-state index in [1.807, 2.05) is 24.3 Å². The van der Waals surface area contributed by atoms with Crippen LogP contribution in [0.2, 0.25) is 0 Å². The fourth-order valence-corrected chi connectivity index (χ4v) is 4.50. The SMILES string of the molecule is O=C(CSc1nc2ccccc2nc1Cc1ccc(F)cc1)NC1CCCCC1. The molecule has 150 valence electrons. The summed E-state index contributed by atoms with van der Waals surface area (Å²) >= 11 is 1.42. The summed E-state index contributed by atoms with van der Waals surface area (Å²) in [6, 6.07) is 14.5. The van der Waals surface area contributed by atoms with Crippen molar-refractivity contribution in [1.82, 2.24) is 15.3 Å². The third kappa shape index (κ3) is 5.32. The number of thioether (sulfide) groups is 1. The summed E-state index contributed by atoms with van der Waals surface area (Å²) in [5.74, 6) is 0.108. The van der Waals surface area contributed by atoms with Crippen molar-refractivity contribution in [2.45, 2.75) is 49.6 Å². The van der Waals surface area contributed by atoms with Crippen molar-refractivity contribution in [2.75, 3.05) is 5.75 Å². The maximum atomic E-state index is 13.2. The minimum absolute atomic E-state index is 0.0459. The van der Waals surface area contributed by atoms with Gasteiger partial charge in [-0.05, 0) is 42.7 Å². The van der Waals surface area contributed by atoms with Crippen molar-refractivity contribution < 1.29 is 9.18 Å². The Bertz CT molecular complexity index is 987. The average molecular weight is 410 g/mol. The molecule has 1 fully saturated rings. The molecule has 0 atom stereocenters. The molecule has 6 heteroatoms. The van der Waals surface area contributed by atoms with Gasteiger partial charge in [0.15, 0.2) is 0 Å². The number of rotatable bonds is 6. The Balaban J connectivity index is 1.51. The molecule has 3 aromatic rings. The van der Waals surface area contributed by atoms with Crippen LogP contribution >= 0.6 is 11.8 Å². The van der Waals surface area contributed by atoms with Gasteiger partial charge in [-0.25, -0.2) is 14.4 Å². The van der Waals surface area contributed by atoms with Gasteiger partial charge in [-0.15, -0.1) is 0 Å². The normalized spacial score (nSPS) is 14.8. The highest BCUT2D eigenvalue weighted by atomic mass is 32.2. The Morgan fingerprint density at radius 3 is 2.41 bits per heavy atom. The second kappa shape index (κ2) is 9.35. The lowest BCUT2D eigenvalue weighted by molar-refractivity contribution is -0.119. The van der Waals surface area contributed by atoms with Gasteiger partial charge in [0.2, 0.25) is 5.91 Å². The van der Waals surface area contributed by atoms with Crippen molar-refractivity contribution in [2.24, 2.45) is 0 Å². The molecule has 1 aliphatic carbocycles. The fourth-order valence-electron chi connectivity index (χ4n) is 3.70. The molecule has 1 heterocycles. The van der Waals surface area contributed by atoms with Gasteiger partial charge in [-0.2, -0.15) is 0 Å². The predicted molar refractivity (Wildman–Crippen MR) is 114 cm³/mol. The molecule has 0 unspecified atom stereocenters. The van der Waals surface area contributed by atoms with Crippen LogP contribution in [0.25, 0.3) is 11.0 Å². The zero-order chi connectivity index (χ0) is 20.1. The lowest BCUT2D eigenvalue weighted by Gasteiger charge is -2.22. The summed E-state index contributed by atoms with van der Waals surface area (Å²) < 4.78 is 13.2. The Kier molecular flexibility index (Phi) is 6.39. The number of amides is 1. The van der Waals surface area contributed by atoms with Crippen LogP contribution < -0.4 is 5.32 Å². The van der Waals surface area contributed by atoms with E-state index in [1.165, 1.54) is 43.2 Å². The van der Waals surface area contributed by atoms with E-state index in [1.54, 1.807) is 12.1 Å². The van der Waals surface area contributed by atoms with Crippen LogP contribution in [0.5, 0.6) is 0 Å². The summed E-state index contributed by atoms with van der Waals surface area (Å²) in [4.78, 5) is 22.0. The molecular formula is C23H24FN3OS. The lowest BCUT2D eigenvalue weighted by atomic mass is 9.95. The molecule has 1 N–H and O–H groups in total. The highest BCUT2D eigenvalue weighted by Crippen LogP contribution is 2.25. The number of carbonyl (C=O) groups excluding carboxylic acids is 1. The minimum Gasteiger partial charge on any atom is -0.353 e. The first-order valence-corrected chi connectivity index (χ1v) is 11.1. The third-order valence-corrected chi connectivity index (χ3v) is 6.21. The van der Waals surface area contributed by atoms with Gasteiger partial charge in [0.05, 0.1) is 22.5 Å². The maximum absolute atomic E-state index is 13.2. The van der Waals surface area contributed by atoms with Gasteiger partial charge in [-0.1, -0.05) is 55.3 Å². The Morgan fingerprint density at radius 1 is 1.00 bits per heavy atom. The van der Waals surface area contributed by atoms with Crippen LogP contribution in [0.15, 0.2) is 53.6 Å². The Labute approximate surface area is 174 Å². The van der Waals surface area contributed by atoms with Crippen LogP contribution in [0.3, 0.4) is 0 Å². The zero-order valence-electron chi connectivity index (χ0n) is 16.2. The van der Waals surface area contributed by atoms with Crippen molar-refractivity contribution in [3.63, 3.8) is 0 Å². The van der Waals surface area contributed by atoms with E-state index < -0.39 is 0 Å². The van der Waals surface area contributed by atoms with Crippen molar-refractivity contribution in [3.8, 4) is 0 Å². The van der Waals surface area contributed by atoms with Gasteiger partial charge in [0.25, 0.3) is 0 Å². The van der Waals surface area contributed by atoms with Crippen LogP contribution in [-0.2, 0) is 11.2 Å². The van der Waals surface area contributed by atoms with Crippen LogP contribution in [-0.4, -0.2) is 27.7 Å². The number of nitrogens with zero attached hydrogens (tertiary/aromatic N) is 2. The van der Waals surface area contributed by atoms with E-state index in [9.17, 15) is 9.18 Å². The fraction of sp³-hybridized carbons (Fsp3) is 0.348. The molecule has 4 rings (SSSR count). The first-order valence-electron chi connectivity index (χ1n) is 10.1. The number of fused-ring (bicyclic) bond motifs is 1. The molecule has 29 heavy (non-hydrogen) atoms. The molecule has 1 aromatic heterocycles. The Hall–Kier alpha value is -2.47. The summed E-state index contributed by atoms with van der Waals surface area (Å²) in [5.41, 5.74) is 3.40. The van der Waals surface area contributed by atoms with Crippen LogP contribution in [0.1, 0.15) is 43.4 Å². The van der Waals surface area contributed by atoms with E-state index in [0.29, 0.717) is 18.2 Å². The van der Waals surface area contributed by atoms with Gasteiger partial charge < -0.3 is 5.32 Å². The van der Waals surface area contributed by atoms with Gasteiger partial charge in [-0.3, -0.25) is 4.79 Å². The first kappa shape index (κ1) is 19.8. The van der Waals surface area contributed by atoms with E-state index in [4.69, 9.17) is 9.97 Å². The average Bonchev–Trinajstić information content (AvgIpc) is 2.74. The van der Waals surface area contributed by atoms with Crippen LogP contribution in [0, 0.1) is 5.82 Å². The van der Waals surface area contributed by atoms with E-state index in [2.05, 4.69) is 5.32 Å². The number of benzene rings is 2. The molecule has 1 aliphatic rings. The van der Waals surface area contributed by atoms with Gasteiger partial charge in [0.1, 0.15) is 10.8 Å². The molecule has 1 saturated carbocycles. The molecule has 0 spiro atoms. The third-order valence-electron chi connectivity index (χ3n) is 5.20. The number of aromatic nitrogens is 2. The van der Waals surface area contributed by atoms with E-state index >= 15 is 0 Å². The summed E-state index contributed by atoms with van der Waals surface area (Å²) in [5, 5.41) is 3.91. The quantitative estimate of drug-likeness (QED) is 0.588. The molecule has 1 amide bonds. The minimum atomic E-state index is -0.257. The summed E-state index contributed by atoms with van der Waals surface area (Å²) in [7, 11) is 0. The smallest absolute Gasteiger partial charge is 0.230 e. The number of nitrogens with one attached hydrogen (secondary N) is 1. The summed E-state index contributed by atoms with van der Waals surface area (Å²) in [6.45, 7) is 0. The topological polar surface area (TPSA) is 54.9 Å². The lowest BCUT2D eigenvalue weighted by Crippen LogP contribution is -2.37. The van der Waals surface area contributed by atoms with E-state index in [-0.39, 0.29) is 11.7 Å². The second-order valence-electron chi connectivity index (χ2n) is 7.46. The number of carbonyl (C=O) groups is 1.